The van der Waals surface area contributed by atoms with Crippen LogP contribution in [0.15, 0.2) is 51.8 Å². The van der Waals surface area contributed by atoms with Crippen LogP contribution in [0.4, 0.5) is 5.69 Å². The summed E-state index contributed by atoms with van der Waals surface area (Å²) in [7, 11) is 0. The Morgan fingerprint density at radius 2 is 1.96 bits per heavy atom. The van der Waals surface area contributed by atoms with Gasteiger partial charge in [-0.3, -0.25) is 4.79 Å². The van der Waals surface area contributed by atoms with Crippen LogP contribution in [0.1, 0.15) is 16.1 Å². The highest BCUT2D eigenvalue weighted by Gasteiger charge is 2.23. The van der Waals surface area contributed by atoms with Gasteiger partial charge in [-0.15, -0.1) is 0 Å². The van der Waals surface area contributed by atoms with Crippen molar-refractivity contribution < 1.29 is 9.32 Å². The molecule has 0 unspecified atom stereocenters. The second-order valence-corrected chi connectivity index (χ2v) is 6.11. The highest BCUT2D eigenvalue weighted by Crippen LogP contribution is 2.31. The average Bonchev–Trinajstić information content (AvgIpc) is 3.18. The van der Waals surface area contributed by atoms with Crippen molar-refractivity contribution in [1.29, 1.82) is 0 Å². The number of carbonyl (C=O) groups excluding carboxylic acids is 1. The minimum atomic E-state index is -0.409. The van der Waals surface area contributed by atoms with Crippen molar-refractivity contribution in [1.82, 2.24) is 15.1 Å². The van der Waals surface area contributed by atoms with E-state index in [9.17, 15) is 9.59 Å². The number of aromatic nitrogens is 3. The molecular formula is C18H13ClN4O3. The standard InChI is InChI=1S/C18H13ClN4O3/c1-9-14(15(23-26-9)10-5-2-3-6-11(10)19)17(24)20-12-7-4-8-13-16(12)22-18(25)21-13/h2-8H,1H3,(H,20,24)(H2,21,22,25). The molecule has 0 atom stereocenters. The van der Waals surface area contributed by atoms with Crippen LogP contribution in [0.25, 0.3) is 22.3 Å². The van der Waals surface area contributed by atoms with Gasteiger partial charge in [0.25, 0.3) is 5.91 Å². The third-order valence-corrected chi connectivity index (χ3v) is 4.35. The Labute approximate surface area is 152 Å². The SMILES string of the molecule is Cc1onc(-c2ccccc2Cl)c1C(=O)Nc1cccc2[nH]c(=O)[nH]c12. The molecule has 8 heteroatoms. The molecule has 0 saturated heterocycles. The van der Waals surface area contributed by atoms with Crippen LogP contribution in [0.3, 0.4) is 0 Å². The highest BCUT2D eigenvalue weighted by atomic mass is 35.5. The first-order chi connectivity index (χ1) is 12.5. The first kappa shape index (κ1) is 16.2. The van der Waals surface area contributed by atoms with Crippen molar-refractivity contribution >= 4 is 34.2 Å². The number of fused-ring (bicyclic) bond motifs is 1. The Morgan fingerprint density at radius 1 is 1.15 bits per heavy atom. The molecule has 4 rings (SSSR count). The molecule has 0 saturated carbocycles. The normalized spacial score (nSPS) is 11.0. The summed E-state index contributed by atoms with van der Waals surface area (Å²) in [6.45, 7) is 1.65. The maximum Gasteiger partial charge on any atom is 0.323 e. The molecule has 3 N–H and O–H groups in total. The average molecular weight is 369 g/mol. The van der Waals surface area contributed by atoms with Crippen molar-refractivity contribution in [2.24, 2.45) is 0 Å². The molecule has 0 aliphatic carbocycles. The smallest absolute Gasteiger partial charge is 0.323 e. The van der Waals surface area contributed by atoms with Crippen molar-refractivity contribution in [2.45, 2.75) is 6.92 Å². The second-order valence-electron chi connectivity index (χ2n) is 5.70. The third-order valence-electron chi connectivity index (χ3n) is 4.02. The first-order valence-electron chi connectivity index (χ1n) is 7.78. The van der Waals surface area contributed by atoms with Gasteiger partial charge in [0.05, 0.1) is 21.7 Å². The molecule has 0 aliphatic heterocycles. The van der Waals surface area contributed by atoms with Crippen LogP contribution in [-0.2, 0) is 0 Å². The van der Waals surface area contributed by atoms with Gasteiger partial charge >= 0.3 is 5.69 Å². The molecule has 0 bridgehead atoms. The molecule has 130 valence electrons. The number of imidazole rings is 1. The number of anilines is 1. The molecule has 1 amide bonds. The van der Waals surface area contributed by atoms with E-state index < -0.39 is 5.91 Å². The number of para-hydroxylation sites is 1. The van der Waals surface area contributed by atoms with E-state index in [4.69, 9.17) is 16.1 Å². The Morgan fingerprint density at radius 3 is 2.77 bits per heavy atom. The van der Waals surface area contributed by atoms with E-state index >= 15 is 0 Å². The maximum absolute atomic E-state index is 12.9. The number of halogens is 1. The van der Waals surface area contributed by atoms with Crippen LogP contribution >= 0.6 is 11.6 Å². The summed E-state index contributed by atoms with van der Waals surface area (Å²) in [5.41, 5.74) is 2.48. The summed E-state index contributed by atoms with van der Waals surface area (Å²) in [6.07, 6.45) is 0. The van der Waals surface area contributed by atoms with E-state index in [1.807, 2.05) is 0 Å². The molecule has 0 aliphatic rings. The Kier molecular flexibility index (Phi) is 3.85. The Bertz CT molecular complexity index is 1190. The Hall–Kier alpha value is -3.32. The zero-order chi connectivity index (χ0) is 18.3. The topological polar surface area (TPSA) is 104 Å². The monoisotopic (exact) mass is 368 g/mol. The van der Waals surface area contributed by atoms with Crippen molar-refractivity contribution in [3.8, 4) is 11.3 Å². The Balaban J connectivity index is 1.77. The number of hydrogen-bond acceptors (Lipinski definition) is 4. The lowest BCUT2D eigenvalue weighted by Gasteiger charge is -2.07. The first-order valence-corrected chi connectivity index (χ1v) is 8.16. The second kappa shape index (κ2) is 6.20. The van der Waals surface area contributed by atoms with E-state index in [0.29, 0.717) is 38.8 Å². The minimum absolute atomic E-state index is 0.285. The fourth-order valence-corrected chi connectivity index (χ4v) is 3.05. The van der Waals surface area contributed by atoms with Gasteiger partial charge in [-0.05, 0) is 25.1 Å². The van der Waals surface area contributed by atoms with Gasteiger partial charge in [0.1, 0.15) is 17.0 Å². The van der Waals surface area contributed by atoms with Crippen LogP contribution in [0.5, 0.6) is 0 Å². The minimum Gasteiger partial charge on any atom is -0.360 e. The number of amides is 1. The number of hydrogen-bond donors (Lipinski definition) is 3. The summed E-state index contributed by atoms with van der Waals surface area (Å²) in [5, 5.41) is 7.26. The lowest BCUT2D eigenvalue weighted by molar-refractivity contribution is 0.102. The predicted octanol–water partition coefficient (Wildman–Crippen LogP) is 3.73. The predicted molar refractivity (Wildman–Crippen MR) is 98.6 cm³/mol. The van der Waals surface area contributed by atoms with Crippen molar-refractivity contribution in [2.75, 3.05) is 5.32 Å². The van der Waals surface area contributed by atoms with Gasteiger partial charge in [-0.2, -0.15) is 0 Å². The van der Waals surface area contributed by atoms with Gasteiger partial charge in [0, 0.05) is 5.56 Å². The number of nitrogens with zero attached hydrogens (tertiary/aromatic N) is 1. The van der Waals surface area contributed by atoms with Crippen molar-refractivity contribution in [3.05, 3.63) is 69.3 Å². The fourth-order valence-electron chi connectivity index (χ4n) is 2.82. The lowest BCUT2D eigenvalue weighted by Crippen LogP contribution is -2.14. The third kappa shape index (κ3) is 2.68. The molecule has 26 heavy (non-hydrogen) atoms. The largest absolute Gasteiger partial charge is 0.360 e. The molecule has 2 heterocycles. The summed E-state index contributed by atoms with van der Waals surface area (Å²) < 4.78 is 5.22. The van der Waals surface area contributed by atoms with Gasteiger partial charge in [-0.1, -0.05) is 41.0 Å². The van der Waals surface area contributed by atoms with Crippen LogP contribution in [0.2, 0.25) is 5.02 Å². The number of H-pyrrole nitrogens is 2. The number of nitrogens with one attached hydrogen (secondary N) is 3. The molecule has 0 radical (unpaired) electrons. The van der Waals surface area contributed by atoms with E-state index in [1.165, 1.54) is 0 Å². The summed E-state index contributed by atoms with van der Waals surface area (Å²) >= 11 is 6.23. The van der Waals surface area contributed by atoms with Gasteiger partial charge < -0.3 is 19.8 Å². The van der Waals surface area contributed by atoms with E-state index in [0.717, 1.165) is 0 Å². The number of rotatable bonds is 3. The molecule has 0 spiro atoms. The van der Waals surface area contributed by atoms with E-state index in [2.05, 4.69) is 20.4 Å². The van der Waals surface area contributed by atoms with Gasteiger partial charge in [-0.25, -0.2) is 4.79 Å². The zero-order valence-corrected chi connectivity index (χ0v) is 14.3. The zero-order valence-electron chi connectivity index (χ0n) is 13.6. The molecule has 0 fully saturated rings. The van der Waals surface area contributed by atoms with Gasteiger partial charge in [0.2, 0.25) is 0 Å². The van der Waals surface area contributed by atoms with Crippen LogP contribution < -0.4 is 11.0 Å². The van der Waals surface area contributed by atoms with E-state index in [-0.39, 0.29) is 11.3 Å². The van der Waals surface area contributed by atoms with E-state index in [1.54, 1.807) is 49.4 Å². The van der Waals surface area contributed by atoms with Crippen LogP contribution in [-0.4, -0.2) is 21.0 Å². The number of carbonyl (C=O) groups is 1. The number of aromatic amines is 2. The quantitative estimate of drug-likeness (QED) is 0.512. The maximum atomic E-state index is 12.9. The lowest BCUT2D eigenvalue weighted by atomic mass is 10.1. The number of aryl methyl sites for hydroxylation is 1. The molecule has 4 aromatic rings. The van der Waals surface area contributed by atoms with Crippen LogP contribution in [0, 0.1) is 6.92 Å². The summed E-state index contributed by atoms with van der Waals surface area (Å²) in [4.78, 5) is 29.7. The summed E-state index contributed by atoms with van der Waals surface area (Å²) in [5.74, 6) is -0.0413. The molecular weight excluding hydrogens is 356 g/mol. The van der Waals surface area contributed by atoms with Crippen molar-refractivity contribution in [3.63, 3.8) is 0 Å². The molecule has 2 aromatic heterocycles. The number of benzene rings is 2. The molecule has 2 aromatic carbocycles. The fraction of sp³-hybridized carbons (Fsp3) is 0.0556. The van der Waals surface area contributed by atoms with Gasteiger partial charge in [0.15, 0.2) is 0 Å². The summed E-state index contributed by atoms with van der Waals surface area (Å²) in [6, 6.07) is 12.2. The highest BCUT2D eigenvalue weighted by molar-refractivity contribution is 6.33. The molecule has 7 nitrogen and oxygen atoms in total.